The maximum Gasteiger partial charge on any atom is 0.125 e. The molecule has 0 fully saturated rings. The summed E-state index contributed by atoms with van der Waals surface area (Å²) in [6.45, 7) is 2.70. The molecule has 0 aromatic heterocycles. The number of rotatable bonds is 3. The Kier molecular flexibility index (Phi) is 3.43. The van der Waals surface area contributed by atoms with Crippen molar-refractivity contribution in [2.45, 2.75) is 13.3 Å². The minimum absolute atomic E-state index is 0.285. The Balaban J connectivity index is 2.82. The van der Waals surface area contributed by atoms with Gasteiger partial charge in [0.25, 0.3) is 0 Å². The van der Waals surface area contributed by atoms with Crippen molar-refractivity contribution in [2.75, 3.05) is 6.54 Å². The summed E-state index contributed by atoms with van der Waals surface area (Å²) in [5.74, 6) is 0.119. The fourth-order valence-electron chi connectivity index (χ4n) is 0.971. The fraction of sp³-hybridized carbons (Fsp3) is 0.300. The van der Waals surface area contributed by atoms with Crippen LogP contribution in [-0.4, -0.2) is 12.4 Å². The van der Waals surface area contributed by atoms with E-state index in [9.17, 15) is 4.39 Å². The van der Waals surface area contributed by atoms with Crippen LogP contribution in [0.4, 0.5) is 4.39 Å². The lowest BCUT2D eigenvalue weighted by molar-refractivity contribution is 0.627. The van der Waals surface area contributed by atoms with Crippen LogP contribution in [0.5, 0.6) is 0 Å². The van der Waals surface area contributed by atoms with Crippen molar-refractivity contribution in [3.8, 4) is 0 Å². The SMILES string of the molecule is CCCN=C(N)c1cccc(F)c1. The molecule has 0 spiro atoms. The Morgan fingerprint density at radius 3 is 2.92 bits per heavy atom. The molecule has 0 saturated heterocycles. The lowest BCUT2D eigenvalue weighted by Gasteiger charge is -1.99. The van der Waals surface area contributed by atoms with Crippen molar-refractivity contribution in [3.63, 3.8) is 0 Å². The number of halogens is 1. The maximum absolute atomic E-state index is 12.7. The van der Waals surface area contributed by atoms with E-state index in [1.807, 2.05) is 6.92 Å². The molecular weight excluding hydrogens is 167 g/mol. The fourth-order valence-corrected chi connectivity index (χ4v) is 0.971. The number of hydrogen-bond acceptors (Lipinski definition) is 1. The van der Waals surface area contributed by atoms with Crippen molar-refractivity contribution >= 4 is 5.84 Å². The highest BCUT2D eigenvalue weighted by Gasteiger charge is 1.98. The number of hydrogen-bond donors (Lipinski definition) is 1. The van der Waals surface area contributed by atoms with Crippen LogP contribution in [0.25, 0.3) is 0 Å². The molecule has 0 heterocycles. The topological polar surface area (TPSA) is 38.4 Å². The van der Waals surface area contributed by atoms with Crippen LogP contribution in [0.1, 0.15) is 18.9 Å². The van der Waals surface area contributed by atoms with Gasteiger partial charge in [0.1, 0.15) is 11.7 Å². The molecule has 0 aliphatic carbocycles. The van der Waals surface area contributed by atoms with Crippen molar-refractivity contribution < 1.29 is 4.39 Å². The summed E-state index contributed by atoms with van der Waals surface area (Å²) in [6, 6.07) is 6.14. The van der Waals surface area contributed by atoms with Gasteiger partial charge in [-0.15, -0.1) is 0 Å². The zero-order valence-electron chi connectivity index (χ0n) is 7.63. The van der Waals surface area contributed by atoms with Gasteiger partial charge in [0.15, 0.2) is 0 Å². The van der Waals surface area contributed by atoms with E-state index in [4.69, 9.17) is 5.73 Å². The van der Waals surface area contributed by atoms with Crippen molar-refractivity contribution in [3.05, 3.63) is 35.6 Å². The van der Waals surface area contributed by atoms with Crippen molar-refractivity contribution in [2.24, 2.45) is 10.7 Å². The Labute approximate surface area is 77.3 Å². The molecule has 0 radical (unpaired) electrons. The summed E-state index contributed by atoms with van der Waals surface area (Å²) in [5.41, 5.74) is 6.28. The highest BCUT2D eigenvalue weighted by Crippen LogP contribution is 2.02. The number of aliphatic imine (C=N–C) groups is 1. The van der Waals surface area contributed by atoms with Crippen LogP contribution in [0.15, 0.2) is 29.3 Å². The van der Waals surface area contributed by atoms with E-state index in [1.165, 1.54) is 12.1 Å². The minimum Gasteiger partial charge on any atom is -0.384 e. The van der Waals surface area contributed by atoms with Gasteiger partial charge in [-0.1, -0.05) is 19.1 Å². The van der Waals surface area contributed by atoms with E-state index < -0.39 is 0 Å². The number of nitrogens with zero attached hydrogens (tertiary/aromatic N) is 1. The van der Waals surface area contributed by atoms with Crippen LogP contribution in [0, 0.1) is 5.82 Å². The number of nitrogens with two attached hydrogens (primary N) is 1. The van der Waals surface area contributed by atoms with Gasteiger partial charge in [-0.05, 0) is 18.6 Å². The summed E-state index contributed by atoms with van der Waals surface area (Å²) < 4.78 is 12.7. The monoisotopic (exact) mass is 180 g/mol. The average molecular weight is 180 g/mol. The molecule has 0 amide bonds. The second-order valence-electron chi connectivity index (χ2n) is 2.78. The highest BCUT2D eigenvalue weighted by molar-refractivity contribution is 5.97. The Morgan fingerprint density at radius 1 is 1.54 bits per heavy atom. The first-order chi connectivity index (χ1) is 6.24. The Morgan fingerprint density at radius 2 is 2.31 bits per heavy atom. The molecule has 2 nitrogen and oxygen atoms in total. The molecule has 2 N–H and O–H groups in total. The van der Waals surface area contributed by atoms with Crippen LogP contribution in [0.2, 0.25) is 0 Å². The lowest BCUT2D eigenvalue weighted by atomic mass is 10.2. The van der Waals surface area contributed by atoms with E-state index in [0.717, 1.165) is 6.42 Å². The van der Waals surface area contributed by atoms with Gasteiger partial charge >= 0.3 is 0 Å². The first-order valence-corrected chi connectivity index (χ1v) is 4.30. The maximum atomic E-state index is 12.7. The number of benzene rings is 1. The molecule has 13 heavy (non-hydrogen) atoms. The second-order valence-corrected chi connectivity index (χ2v) is 2.78. The molecule has 0 atom stereocenters. The predicted molar refractivity (Wildman–Crippen MR) is 52.3 cm³/mol. The highest BCUT2D eigenvalue weighted by atomic mass is 19.1. The summed E-state index contributed by atoms with van der Waals surface area (Å²) in [7, 11) is 0. The molecule has 70 valence electrons. The summed E-state index contributed by atoms with van der Waals surface area (Å²) >= 11 is 0. The molecule has 3 heteroatoms. The van der Waals surface area contributed by atoms with Crippen LogP contribution >= 0.6 is 0 Å². The quantitative estimate of drug-likeness (QED) is 0.560. The predicted octanol–water partition coefficient (Wildman–Crippen LogP) is 1.94. The third kappa shape index (κ3) is 2.86. The van der Waals surface area contributed by atoms with E-state index in [0.29, 0.717) is 17.9 Å². The van der Waals surface area contributed by atoms with Gasteiger partial charge in [-0.2, -0.15) is 0 Å². The first-order valence-electron chi connectivity index (χ1n) is 4.30. The molecule has 1 rings (SSSR count). The van der Waals surface area contributed by atoms with E-state index in [-0.39, 0.29) is 5.82 Å². The van der Waals surface area contributed by atoms with Crippen LogP contribution < -0.4 is 5.73 Å². The van der Waals surface area contributed by atoms with Crippen LogP contribution in [0.3, 0.4) is 0 Å². The van der Waals surface area contributed by atoms with Gasteiger partial charge in [0, 0.05) is 12.1 Å². The first kappa shape index (κ1) is 9.71. The molecule has 0 saturated carbocycles. The molecule has 1 aromatic carbocycles. The zero-order chi connectivity index (χ0) is 9.68. The standard InChI is InChI=1S/C10H13FN2/c1-2-6-13-10(12)8-4-3-5-9(11)7-8/h3-5,7H,2,6H2,1H3,(H2,12,13). The van der Waals surface area contributed by atoms with Gasteiger partial charge in [0.2, 0.25) is 0 Å². The molecular formula is C10H13FN2. The van der Waals surface area contributed by atoms with Crippen LogP contribution in [-0.2, 0) is 0 Å². The minimum atomic E-state index is -0.285. The van der Waals surface area contributed by atoms with Crippen molar-refractivity contribution in [1.29, 1.82) is 0 Å². The van der Waals surface area contributed by atoms with Gasteiger partial charge < -0.3 is 5.73 Å². The third-order valence-corrected chi connectivity index (χ3v) is 1.63. The van der Waals surface area contributed by atoms with E-state index in [1.54, 1.807) is 12.1 Å². The molecule has 0 unspecified atom stereocenters. The normalized spacial score (nSPS) is 11.7. The lowest BCUT2D eigenvalue weighted by Crippen LogP contribution is -2.14. The average Bonchev–Trinajstić information content (AvgIpc) is 2.14. The Bertz CT molecular complexity index is 308. The largest absolute Gasteiger partial charge is 0.384 e. The molecule has 0 aliphatic rings. The van der Waals surface area contributed by atoms with E-state index in [2.05, 4.69) is 4.99 Å². The summed E-state index contributed by atoms with van der Waals surface area (Å²) in [4.78, 5) is 4.08. The molecule has 0 bridgehead atoms. The van der Waals surface area contributed by atoms with Gasteiger partial charge in [0.05, 0.1) is 0 Å². The smallest absolute Gasteiger partial charge is 0.125 e. The van der Waals surface area contributed by atoms with Gasteiger partial charge in [-0.3, -0.25) is 4.99 Å². The third-order valence-electron chi connectivity index (χ3n) is 1.63. The summed E-state index contributed by atoms with van der Waals surface area (Å²) in [5, 5.41) is 0. The van der Waals surface area contributed by atoms with Gasteiger partial charge in [-0.25, -0.2) is 4.39 Å². The molecule has 1 aromatic rings. The second kappa shape index (κ2) is 4.60. The summed E-state index contributed by atoms with van der Waals surface area (Å²) in [6.07, 6.45) is 0.940. The number of amidine groups is 1. The van der Waals surface area contributed by atoms with Crippen molar-refractivity contribution in [1.82, 2.24) is 0 Å². The van der Waals surface area contributed by atoms with E-state index >= 15 is 0 Å². The molecule has 0 aliphatic heterocycles. The zero-order valence-corrected chi connectivity index (χ0v) is 7.63. The Hall–Kier alpha value is -1.38.